The van der Waals surface area contributed by atoms with Crippen LogP contribution in [-0.2, 0) is 17.8 Å². The van der Waals surface area contributed by atoms with Gasteiger partial charge in [-0.05, 0) is 66.1 Å². The molecule has 6 nitrogen and oxygen atoms in total. The summed E-state index contributed by atoms with van der Waals surface area (Å²) in [6, 6.07) is 27.5. The number of aryl methyl sites for hydroxylation is 1. The maximum absolute atomic E-state index is 12.4. The van der Waals surface area contributed by atoms with Crippen LogP contribution in [0.4, 0.5) is 5.69 Å². The molecule has 3 N–H and O–H groups in total. The van der Waals surface area contributed by atoms with Crippen LogP contribution >= 0.6 is 23.4 Å². The van der Waals surface area contributed by atoms with E-state index in [9.17, 15) is 14.7 Å². The number of carbonyl (C=O) groups excluding carboxylic acids is 1. The van der Waals surface area contributed by atoms with E-state index >= 15 is 0 Å². The smallest absolute Gasteiger partial charge is 0.339 e. The molecule has 188 valence electrons. The average Bonchev–Trinajstić information content (AvgIpc) is 2.89. The van der Waals surface area contributed by atoms with Gasteiger partial charge in [-0.3, -0.25) is 4.79 Å². The molecule has 0 unspecified atom stereocenters. The van der Waals surface area contributed by atoms with E-state index in [-0.39, 0.29) is 23.6 Å². The summed E-state index contributed by atoms with van der Waals surface area (Å²) in [5, 5.41) is 21.9. The zero-order valence-corrected chi connectivity index (χ0v) is 21.3. The van der Waals surface area contributed by atoms with E-state index in [1.54, 1.807) is 11.8 Å². The molecule has 0 aliphatic heterocycles. The average molecular weight is 534 g/mol. The number of rotatable bonds is 10. The van der Waals surface area contributed by atoms with Crippen molar-refractivity contribution in [1.29, 1.82) is 0 Å². The molecule has 8 heteroatoms. The van der Waals surface area contributed by atoms with E-state index in [1.165, 1.54) is 18.2 Å². The molecule has 37 heavy (non-hydrogen) atoms. The third-order valence-electron chi connectivity index (χ3n) is 5.45. The van der Waals surface area contributed by atoms with Crippen molar-refractivity contribution in [2.24, 2.45) is 0 Å². The molecular formula is C29H24ClNO5S. The zero-order chi connectivity index (χ0) is 26.2. The van der Waals surface area contributed by atoms with Gasteiger partial charge in [0.2, 0.25) is 5.91 Å². The molecule has 0 atom stereocenters. The zero-order valence-electron chi connectivity index (χ0n) is 19.7. The minimum Gasteiger partial charge on any atom is -0.507 e. The van der Waals surface area contributed by atoms with E-state index < -0.39 is 5.97 Å². The van der Waals surface area contributed by atoms with E-state index in [0.29, 0.717) is 23.7 Å². The largest absolute Gasteiger partial charge is 0.507 e. The molecule has 0 fully saturated rings. The summed E-state index contributed by atoms with van der Waals surface area (Å²) >= 11 is 8.06. The lowest BCUT2D eigenvalue weighted by molar-refractivity contribution is -0.116. The maximum atomic E-state index is 12.4. The van der Waals surface area contributed by atoms with Gasteiger partial charge in [-0.15, -0.1) is 0 Å². The normalized spacial score (nSPS) is 10.6. The van der Waals surface area contributed by atoms with Crippen molar-refractivity contribution in [2.45, 2.75) is 29.2 Å². The van der Waals surface area contributed by atoms with Crippen LogP contribution in [0.25, 0.3) is 0 Å². The molecule has 0 bridgehead atoms. The van der Waals surface area contributed by atoms with Gasteiger partial charge in [-0.25, -0.2) is 4.79 Å². The van der Waals surface area contributed by atoms with Gasteiger partial charge in [0.25, 0.3) is 0 Å². The van der Waals surface area contributed by atoms with E-state index in [0.717, 1.165) is 26.7 Å². The standard InChI is InChI=1S/C29H24ClNO5S/c30-26-17-24(37-23-8-4-7-22(16-23)36-18-19-5-2-1-3-6-19)12-9-20(26)10-14-28(33)31-21-11-13-27(32)25(15-21)29(34)35/h1-9,11-13,15-17,32H,10,14,18H2,(H,31,33)(H,34,35). The van der Waals surface area contributed by atoms with Crippen molar-refractivity contribution in [2.75, 3.05) is 5.32 Å². The summed E-state index contributed by atoms with van der Waals surface area (Å²) in [4.78, 5) is 25.5. The quantitative estimate of drug-likeness (QED) is 0.189. The highest BCUT2D eigenvalue weighted by atomic mass is 35.5. The monoisotopic (exact) mass is 533 g/mol. The number of phenols is 1. The number of aromatic carboxylic acids is 1. The molecule has 4 rings (SSSR count). The molecule has 0 saturated heterocycles. The fraction of sp³-hybridized carbons (Fsp3) is 0.103. The molecular weight excluding hydrogens is 510 g/mol. The second-order valence-corrected chi connectivity index (χ2v) is 9.74. The Labute approximate surface area is 223 Å². The van der Waals surface area contributed by atoms with Crippen LogP contribution in [-0.4, -0.2) is 22.1 Å². The third kappa shape index (κ3) is 7.52. The summed E-state index contributed by atoms with van der Waals surface area (Å²) in [6.45, 7) is 0.497. The number of aromatic hydroxyl groups is 1. The highest BCUT2D eigenvalue weighted by Gasteiger charge is 2.12. The van der Waals surface area contributed by atoms with Crippen LogP contribution in [0.15, 0.2) is 101 Å². The van der Waals surface area contributed by atoms with Gasteiger partial charge in [0.1, 0.15) is 23.7 Å². The summed E-state index contributed by atoms with van der Waals surface area (Å²) in [6.07, 6.45) is 0.582. The van der Waals surface area contributed by atoms with Crippen molar-refractivity contribution in [1.82, 2.24) is 0 Å². The molecule has 0 heterocycles. The van der Waals surface area contributed by atoms with E-state index in [4.69, 9.17) is 21.4 Å². The van der Waals surface area contributed by atoms with Gasteiger partial charge in [0.15, 0.2) is 0 Å². The van der Waals surface area contributed by atoms with Crippen molar-refractivity contribution in [3.05, 3.63) is 113 Å². The predicted octanol–water partition coefficient (Wildman–Crippen LogP) is 7.05. The van der Waals surface area contributed by atoms with Gasteiger partial charge in [0.05, 0.1) is 0 Å². The van der Waals surface area contributed by atoms with E-state index in [2.05, 4.69) is 5.32 Å². The molecule has 0 radical (unpaired) electrons. The number of anilines is 1. The minimum absolute atomic E-state index is 0.163. The Kier molecular flexibility index (Phi) is 8.72. The number of nitrogens with one attached hydrogen (secondary N) is 1. The first-order chi connectivity index (χ1) is 17.9. The van der Waals surface area contributed by atoms with Crippen LogP contribution in [0.5, 0.6) is 11.5 Å². The molecule has 0 saturated carbocycles. The van der Waals surface area contributed by atoms with Gasteiger partial charge in [-0.2, -0.15) is 0 Å². The second-order valence-electron chi connectivity index (χ2n) is 8.19. The Morgan fingerprint density at radius 3 is 2.43 bits per heavy atom. The van der Waals surface area contributed by atoms with Crippen LogP contribution in [0, 0.1) is 0 Å². The number of carboxylic acid groups (broad SMARTS) is 1. The van der Waals surface area contributed by atoms with Gasteiger partial charge >= 0.3 is 5.97 Å². The Hall–Kier alpha value is -3.94. The van der Waals surface area contributed by atoms with Crippen molar-refractivity contribution >= 4 is 40.9 Å². The number of ether oxygens (including phenoxy) is 1. The lowest BCUT2D eigenvalue weighted by Gasteiger charge is -2.10. The van der Waals surface area contributed by atoms with Crippen molar-refractivity contribution < 1.29 is 24.5 Å². The topological polar surface area (TPSA) is 95.9 Å². The second kappa shape index (κ2) is 12.3. The number of carboxylic acids is 1. The van der Waals surface area contributed by atoms with Crippen molar-refractivity contribution in [3.8, 4) is 11.5 Å². The Morgan fingerprint density at radius 1 is 0.892 bits per heavy atom. The number of hydrogen-bond donors (Lipinski definition) is 3. The fourth-order valence-corrected chi connectivity index (χ4v) is 4.80. The minimum atomic E-state index is -1.27. The number of hydrogen-bond acceptors (Lipinski definition) is 5. The number of amides is 1. The van der Waals surface area contributed by atoms with Crippen LogP contribution in [0.3, 0.4) is 0 Å². The number of carbonyl (C=O) groups is 2. The first kappa shape index (κ1) is 26.1. The maximum Gasteiger partial charge on any atom is 0.339 e. The lowest BCUT2D eigenvalue weighted by Crippen LogP contribution is -2.13. The number of halogens is 1. The van der Waals surface area contributed by atoms with Crippen molar-refractivity contribution in [3.63, 3.8) is 0 Å². The molecule has 0 aromatic heterocycles. The van der Waals surface area contributed by atoms with Crippen LogP contribution < -0.4 is 10.1 Å². The molecule has 0 aliphatic carbocycles. The Balaban J connectivity index is 1.32. The van der Waals surface area contributed by atoms with E-state index in [1.807, 2.05) is 72.8 Å². The van der Waals surface area contributed by atoms with Crippen LogP contribution in [0.1, 0.15) is 27.9 Å². The highest BCUT2D eigenvalue weighted by molar-refractivity contribution is 7.99. The Morgan fingerprint density at radius 2 is 1.68 bits per heavy atom. The predicted molar refractivity (Wildman–Crippen MR) is 145 cm³/mol. The summed E-state index contributed by atoms with van der Waals surface area (Å²) in [5.74, 6) is -1.14. The highest BCUT2D eigenvalue weighted by Crippen LogP contribution is 2.33. The molecule has 1 amide bonds. The molecule has 0 aliphatic rings. The first-order valence-electron chi connectivity index (χ1n) is 11.5. The summed E-state index contributed by atoms with van der Waals surface area (Å²) in [5.41, 5.74) is 1.96. The molecule has 4 aromatic carbocycles. The van der Waals surface area contributed by atoms with Gasteiger partial charge < -0.3 is 20.3 Å². The molecule has 0 spiro atoms. The molecule has 4 aromatic rings. The number of benzene rings is 4. The lowest BCUT2D eigenvalue weighted by atomic mass is 10.1. The fourth-order valence-electron chi connectivity index (χ4n) is 3.56. The Bertz CT molecular complexity index is 1410. The third-order valence-corrected chi connectivity index (χ3v) is 6.78. The van der Waals surface area contributed by atoms with Gasteiger partial charge in [0, 0.05) is 26.9 Å². The summed E-state index contributed by atoms with van der Waals surface area (Å²) in [7, 11) is 0. The summed E-state index contributed by atoms with van der Waals surface area (Å²) < 4.78 is 5.92. The first-order valence-corrected chi connectivity index (χ1v) is 12.7. The van der Waals surface area contributed by atoms with Crippen LogP contribution in [0.2, 0.25) is 5.02 Å². The van der Waals surface area contributed by atoms with Gasteiger partial charge in [-0.1, -0.05) is 65.8 Å². The SMILES string of the molecule is O=C(CCc1ccc(Sc2cccc(OCc3ccccc3)c2)cc1Cl)Nc1ccc(O)c(C(=O)O)c1.